The second kappa shape index (κ2) is 9.93. The van der Waals surface area contributed by atoms with E-state index in [1.54, 1.807) is 0 Å². The Morgan fingerprint density at radius 3 is 2.46 bits per heavy atom. The first kappa shape index (κ1) is 18.3. The summed E-state index contributed by atoms with van der Waals surface area (Å²) in [6, 6.07) is 18.4. The minimum Gasteiger partial charge on any atom is -0.492 e. The molecule has 0 unspecified atom stereocenters. The normalized spacial score (nSPS) is 11.6. The molecule has 2 aromatic rings. The lowest BCUT2D eigenvalue weighted by Crippen LogP contribution is -2.33. The van der Waals surface area contributed by atoms with E-state index >= 15 is 0 Å². The van der Waals surface area contributed by atoms with Crippen LogP contribution in [0.1, 0.15) is 25.8 Å². The number of ether oxygens (including phenoxy) is 1. The van der Waals surface area contributed by atoms with Gasteiger partial charge in [-0.25, -0.2) is 0 Å². The lowest BCUT2D eigenvalue weighted by molar-refractivity contribution is 0.342. The van der Waals surface area contributed by atoms with Crippen molar-refractivity contribution in [2.24, 2.45) is 5.92 Å². The lowest BCUT2D eigenvalue weighted by Gasteiger charge is -2.18. The van der Waals surface area contributed by atoms with Gasteiger partial charge in [-0.05, 0) is 49.2 Å². The van der Waals surface area contributed by atoms with Crippen LogP contribution in [0.25, 0.3) is 0 Å². The van der Waals surface area contributed by atoms with E-state index in [0.29, 0.717) is 17.6 Å². The van der Waals surface area contributed by atoms with Gasteiger partial charge in [0, 0.05) is 6.54 Å². The van der Waals surface area contributed by atoms with Gasteiger partial charge < -0.3 is 15.4 Å². The van der Waals surface area contributed by atoms with Gasteiger partial charge in [0.05, 0.1) is 12.3 Å². The highest BCUT2D eigenvalue weighted by atomic mass is 32.1. The molecule has 128 valence electrons. The van der Waals surface area contributed by atoms with E-state index in [-0.39, 0.29) is 0 Å². The van der Waals surface area contributed by atoms with Gasteiger partial charge in [-0.2, -0.15) is 0 Å². The Morgan fingerprint density at radius 1 is 1.04 bits per heavy atom. The zero-order valence-corrected chi connectivity index (χ0v) is 15.2. The Kier molecular flexibility index (Phi) is 7.56. The Morgan fingerprint density at radius 2 is 1.75 bits per heavy atom. The van der Waals surface area contributed by atoms with E-state index < -0.39 is 0 Å². The van der Waals surface area contributed by atoms with Crippen molar-refractivity contribution < 1.29 is 4.74 Å². The highest BCUT2D eigenvalue weighted by Crippen LogP contribution is 2.23. The van der Waals surface area contributed by atoms with Crippen molar-refractivity contribution in [1.82, 2.24) is 5.32 Å². The van der Waals surface area contributed by atoms with E-state index in [9.17, 15) is 0 Å². The number of hydrogen-bond acceptors (Lipinski definition) is 2. The maximum Gasteiger partial charge on any atom is 0.170 e. The number of anilines is 1. The van der Waals surface area contributed by atoms with Crippen LogP contribution in [0.4, 0.5) is 5.69 Å². The number of rotatable bonds is 8. The molecule has 2 rings (SSSR count). The van der Waals surface area contributed by atoms with Gasteiger partial charge in [0.2, 0.25) is 0 Å². The summed E-state index contributed by atoms with van der Waals surface area (Å²) in [6.45, 7) is 5.68. The highest BCUT2D eigenvalue weighted by molar-refractivity contribution is 7.80. The van der Waals surface area contributed by atoms with Crippen molar-refractivity contribution >= 4 is 23.0 Å². The minimum atomic E-state index is 0.550. The molecule has 0 fully saturated rings. The van der Waals surface area contributed by atoms with Gasteiger partial charge in [-0.15, -0.1) is 0 Å². The van der Waals surface area contributed by atoms with Crippen LogP contribution in [0.5, 0.6) is 5.75 Å². The summed E-state index contributed by atoms with van der Waals surface area (Å²) in [7, 11) is 0. The highest BCUT2D eigenvalue weighted by Gasteiger charge is 2.09. The second-order valence-corrected chi connectivity index (χ2v) is 6.14. The average molecular weight is 343 g/mol. The Labute approximate surface area is 150 Å². The van der Waals surface area contributed by atoms with Gasteiger partial charge in [0.15, 0.2) is 5.11 Å². The monoisotopic (exact) mass is 342 g/mol. The predicted octanol–water partition coefficient (Wildman–Crippen LogP) is 4.64. The van der Waals surface area contributed by atoms with E-state index in [4.69, 9.17) is 17.0 Å². The summed E-state index contributed by atoms with van der Waals surface area (Å²) < 4.78 is 5.61. The molecule has 0 spiro atoms. The summed E-state index contributed by atoms with van der Waals surface area (Å²) in [5.74, 6) is 1.37. The fraction of sp³-hybridized carbons (Fsp3) is 0.350. The lowest BCUT2D eigenvalue weighted by atomic mass is 9.97. The van der Waals surface area contributed by atoms with E-state index in [0.717, 1.165) is 30.8 Å². The molecule has 4 heteroatoms. The first-order chi connectivity index (χ1) is 11.7. The average Bonchev–Trinajstić information content (AvgIpc) is 2.61. The standard InChI is InChI=1S/C20H26N2OS/c1-3-16(14-17-10-6-5-7-11-17)15-21-20(24)22-18-12-8-9-13-19(18)23-4-2/h5-13,16H,3-4,14-15H2,1-2H3,(H2,21,22,24)/t16-/m1/s1. The molecule has 2 aromatic carbocycles. The second-order valence-electron chi connectivity index (χ2n) is 5.73. The summed E-state index contributed by atoms with van der Waals surface area (Å²) >= 11 is 5.43. The summed E-state index contributed by atoms with van der Waals surface area (Å²) in [5.41, 5.74) is 2.26. The molecule has 0 aliphatic carbocycles. The maximum atomic E-state index is 5.61. The first-order valence-corrected chi connectivity index (χ1v) is 8.94. The van der Waals surface area contributed by atoms with Crippen LogP contribution in [0.3, 0.4) is 0 Å². The predicted molar refractivity (Wildman–Crippen MR) is 106 cm³/mol. The summed E-state index contributed by atoms with van der Waals surface area (Å²) in [6.07, 6.45) is 2.17. The van der Waals surface area contributed by atoms with Crippen LogP contribution < -0.4 is 15.4 Å². The van der Waals surface area contributed by atoms with Gasteiger partial charge in [0.1, 0.15) is 5.75 Å². The van der Waals surface area contributed by atoms with Gasteiger partial charge >= 0.3 is 0 Å². The topological polar surface area (TPSA) is 33.3 Å². The van der Waals surface area contributed by atoms with Gasteiger partial charge in [0.25, 0.3) is 0 Å². The number of para-hydroxylation sites is 2. The molecule has 0 saturated carbocycles. The number of benzene rings is 2. The van der Waals surface area contributed by atoms with E-state index in [1.165, 1.54) is 5.56 Å². The van der Waals surface area contributed by atoms with E-state index in [1.807, 2.05) is 31.2 Å². The Hall–Kier alpha value is -2.07. The SMILES string of the molecule is CCOc1ccccc1NC(=S)NC[C@H](CC)Cc1ccccc1. The number of nitrogens with one attached hydrogen (secondary N) is 2. The van der Waals surface area contributed by atoms with Crippen molar-refractivity contribution in [3.05, 3.63) is 60.2 Å². The van der Waals surface area contributed by atoms with Gasteiger partial charge in [-0.1, -0.05) is 55.8 Å². The molecule has 0 amide bonds. The third-order valence-corrected chi connectivity index (χ3v) is 4.18. The van der Waals surface area contributed by atoms with Gasteiger partial charge in [-0.3, -0.25) is 0 Å². The van der Waals surface area contributed by atoms with Crippen molar-refractivity contribution in [2.45, 2.75) is 26.7 Å². The summed E-state index contributed by atoms with van der Waals surface area (Å²) in [4.78, 5) is 0. The van der Waals surface area contributed by atoms with Crippen molar-refractivity contribution in [2.75, 3.05) is 18.5 Å². The molecule has 24 heavy (non-hydrogen) atoms. The van der Waals surface area contributed by atoms with Crippen molar-refractivity contribution in [3.63, 3.8) is 0 Å². The molecular formula is C20H26N2OS. The molecule has 0 bridgehead atoms. The van der Waals surface area contributed by atoms with Crippen LogP contribution in [-0.4, -0.2) is 18.3 Å². The Bertz CT molecular complexity index is 631. The van der Waals surface area contributed by atoms with Crippen LogP contribution >= 0.6 is 12.2 Å². The number of thiocarbonyl (C=S) groups is 1. The Balaban J connectivity index is 1.85. The largest absolute Gasteiger partial charge is 0.492 e. The van der Waals surface area contributed by atoms with Crippen LogP contribution in [0.2, 0.25) is 0 Å². The van der Waals surface area contributed by atoms with Crippen molar-refractivity contribution in [3.8, 4) is 5.75 Å². The summed E-state index contributed by atoms with van der Waals surface area (Å²) in [5, 5.41) is 7.20. The minimum absolute atomic E-state index is 0.550. The smallest absolute Gasteiger partial charge is 0.170 e. The molecule has 0 radical (unpaired) electrons. The third-order valence-electron chi connectivity index (χ3n) is 3.93. The maximum absolute atomic E-state index is 5.61. The zero-order valence-electron chi connectivity index (χ0n) is 14.4. The fourth-order valence-corrected chi connectivity index (χ4v) is 2.76. The molecule has 1 atom stereocenters. The quantitative estimate of drug-likeness (QED) is 0.685. The van der Waals surface area contributed by atoms with Crippen LogP contribution in [-0.2, 0) is 6.42 Å². The van der Waals surface area contributed by atoms with Crippen LogP contribution in [0, 0.1) is 5.92 Å². The fourth-order valence-electron chi connectivity index (χ4n) is 2.56. The first-order valence-electron chi connectivity index (χ1n) is 8.53. The van der Waals surface area contributed by atoms with E-state index in [2.05, 4.69) is 47.9 Å². The molecule has 2 N–H and O–H groups in total. The molecule has 0 aromatic heterocycles. The van der Waals surface area contributed by atoms with Crippen molar-refractivity contribution in [1.29, 1.82) is 0 Å². The molecule has 0 saturated heterocycles. The molecule has 0 heterocycles. The molecular weight excluding hydrogens is 316 g/mol. The van der Waals surface area contributed by atoms with Crippen LogP contribution in [0.15, 0.2) is 54.6 Å². The third kappa shape index (κ3) is 5.85. The zero-order chi connectivity index (χ0) is 17.2. The molecule has 0 aliphatic heterocycles. The number of hydrogen-bond donors (Lipinski definition) is 2. The molecule has 0 aliphatic rings. The molecule has 3 nitrogen and oxygen atoms in total.